The lowest BCUT2D eigenvalue weighted by molar-refractivity contribution is -0.121. The van der Waals surface area contributed by atoms with Gasteiger partial charge in [-0.2, -0.15) is 0 Å². The molecule has 1 aliphatic heterocycles. The second kappa shape index (κ2) is 6.82. The maximum absolute atomic E-state index is 13.2. The number of likely N-dealkylation sites (tertiary alicyclic amines) is 1. The van der Waals surface area contributed by atoms with Gasteiger partial charge in [-0.3, -0.25) is 9.69 Å². The van der Waals surface area contributed by atoms with Gasteiger partial charge in [0.1, 0.15) is 0 Å². The third kappa shape index (κ3) is 4.02. The molecule has 1 unspecified atom stereocenters. The Hall–Kier alpha value is -1.52. The van der Waals surface area contributed by atoms with Crippen LogP contribution in [0.3, 0.4) is 0 Å². The van der Waals surface area contributed by atoms with Gasteiger partial charge in [0.05, 0.1) is 16.8 Å². The summed E-state index contributed by atoms with van der Waals surface area (Å²) in [4.78, 5) is 15.6. The Kier molecular flexibility index (Phi) is 5.11. The summed E-state index contributed by atoms with van der Waals surface area (Å²) >= 11 is 6.59. The van der Waals surface area contributed by atoms with Crippen LogP contribution in [0.1, 0.15) is 48.0 Å². The minimum Gasteiger partial charge on any atom is -0.356 e. The van der Waals surface area contributed by atoms with Crippen molar-refractivity contribution < 1.29 is 4.79 Å². The Labute approximate surface area is 167 Å². The number of nitrogens with one attached hydrogen (secondary N) is 1. The molecule has 148 valence electrons. The van der Waals surface area contributed by atoms with E-state index in [9.17, 15) is 4.79 Å². The summed E-state index contributed by atoms with van der Waals surface area (Å²) in [5, 5.41) is 5.75. The number of aryl methyl sites for hydroxylation is 1. The van der Waals surface area contributed by atoms with E-state index < -0.39 is 0 Å². The van der Waals surface area contributed by atoms with Crippen LogP contribution < -0.4 is 5.32 Å². The molecule has 1 aromatic heterocycles. The first kappa shape index (κ1) is 20.2. The lowest BCUT2D eigenvalue weighted by Crippen LogP contribution is -2.49. The molecule has 0 saturated carbocycles. The van der Waals surface area contributed by atoms with E-state index in [1.54, 1.807) is 0 Å². The van der Waals surface area contributed by atoms with Gasteiger partial charge in [-0.05, 0) is 44.6 Å². The Morgan fingerprint density at radius 1 is 1.15 bits per heavy atom. The van der Waals surface area contributed by atoms with Crippen LogP contribution in [-0.2, 0) is 11.8 Å². The molecule has 2 aromatic rings. The maximum atomic E-state index is 13.2. The largest absolute Gasteiger partial charge is 0.356 e. The van der Waals surface area contributed by atoms with E-state index in [0.29, 0.717) is 16.6 Å². The molecule has 0 radical (unpaired) electrons. The highest BCUT2D eigenvalue weighted by molar-refractivity contribution is 6.38. The van der Waals surface area contributed by atoms with Gasteiger partial charge in [0.2, 0.25) is 5.91 Å². The van der Waals surface area contributed by atoms with Crippen molar-refractivity contribution in [3.05, 3.63) is 29.5 Å². The van der Waals surface area contributed by atoms with Gasteiger partial charge in [-0.25, -0.2) is 0 Å². The van der Waals surface area contributed by atoms with Gasteiger partial charge in [0.15, 0.2) is 0 Å². The number of hydrogen-bond donors (Lipinski definition) is 1. The average Bonchev–Trinajstić information content (AvgIpc) is 3.13. The number of nitrogens with zero attached hydrogens (tertiary/aromatic N) is 2. The molecule has 27 heavy (non-hydrogen) atoms. The van der Waals surface area contributed by atoms with Crippen LogP contribution >= 0.6 is 11.6 Å². The zero-order chi connectivity index (χ0) is 20.1. The van der Waals surface area contributed by atoms with E-state index in [2.05, 4.69) is 51.8 Å². The topological polar surface area (TPSA) is 37.3 Å². The number of amides is 1. The highest BCUT2D eigenvalue weighted by atomic mass is 35.5. The Morgan fingerprint density at radius 2 is 1.81 bits per heavy atom. The van der Waals surface area contributed by atoms with Crippen LogP contribution in [0, 0.1) is 11.3 Å². The summed E-state index contributed by atoms with van der Waals surface area (Å²) in [5.41, 5.74) is 0.808. The SMILES string of the molecule is Cn1cc2ccc(NC(=O)[C@@H]3CC(C(C)(C)C)CN3C(C)(C)C)c(Cl)c2c1. The lowest BCUT2D eigenvalue weighted by atomic mass is 9.79. The number of fused-ring (bicyclic) bond motifs is 1. The first-order valence-corrected chi connectivity index (χ1v) is 10.1. The minimum atomic E-state index is -0.142. The predicted octanol–water partition coefficient (Wildman–Crippen LogP) is 5.31. The van der Waals surface area contributed by atoms with Crippen LogP contribution in [0.5, 0.6) is 0 Å². The molecule has 4 nitrogen and oxygen atoms in total. The molecule has 0 spiro atoms. The Balaban J connectivity index is 1.87. The first-order valence-electron chi connectivity index (χ1n) is 9.69. The number of hydrogen-bond acceptors (Lipinski definition) is 2. The molecule has 1 N–H and O–H groups in total. The third-order valence-electron chi connectivity index (χ3n) is 5.84. The van der Waals surface area contributed by atoms with Crippen molar-refractivity contribution in [1.82, 2.24) is 9.47 Å². The van der Waals surface area contributed by atoms with Crippen molar-refractivity contribution in [3.63, 3.8) is 0 Å². The van der Waals surface area contributed by atoms with Gasteiger partial charge >= 0.3 is 0 Å². The standard InChI is InChI=1S/C22H32ClN3O/c1-21(2,3)15-10-18(26(12-15)22(4,5)6)20(27)24-17-9-8-14-11-25(7)13-16(14)19(17)23/h8-9,11,13,15,18H,10,12H2,1-7H3,(H,24,27)/t15?,18-/m0/s1. The van der Waals surface area contributed by atoms with Crippen molar-refractivity contribution in [1.29, 1.82) is 0 Å². The van der Waals surface area contributed by atoms with Crippen LogP contribution in [-0.4, -0.2) is 33.5 Å². The Bertz CT molecular complexity index is 857. The fourth-order valence-corrected chi connectivity index (χ4v) is 4.35. The average molecular weight is 390 g/mol. The van der Waals surface area contributed by atoms with Gasteiger partial charge in [-0.15, -0.1) is 0 Å². The van der Waals surface area contributed by atoms with E-state index in [1.807, 2.05) is 36.1 Å². The summed E-state index contributed by atoms with van der Waals surface area (Å²) in [5.74, 6) is 0.522. The second-order valence-electron chi connectivity index (χ2n) is 9.98. The van der Waals surface area contributed by atoms with E-state index in [4.69, 9.17) is 11.6 Å². The van der Waals surface area contributed by atoms with Crippen molar-refractivity contribution >= 4 is 34.0 Å². The van der Waals surface area contributed by atoms with Crippen LogP contribution in [0.25, 0.3) is 10.8 Å². The molecule has 1 fully saturated rings. The lowest BCUT2D eigenvalue weighted by Gasteiger charge is -2.36. The van der Waals surface area contributed by atoms with Gasteiger partial charge in [-0.1, -0.05) is 38.4 Å². The zero-order valence-corrected chi connectivity index (χ0v) is 18.3. The molecule has 1 aliphatic rings. The van der Waals surface area contributed by atoms with Crippen LogP contribution in [0.15, 0.2) is 24.5 Å². The monoisotopic (exact) mass is 389 g/mol. The van der Waals surface area contributed by atoms with Gasteiger partial charge in [0, 0.05) is 42.3 Å². The molecule has 2 atom stereocenters. The van der Waals surface area contributed by atoms with E-state index in [0.717, 1.165) is 23.7 Å². The summed E-state index contributed by atoms with van der Waals surface area (Å²) in [6.45, 7) is 14.3. The predicted molar refractivity (Wildman–Crippen MR) is 114 cm³/mol. The van der Waals surface area contributed by atoms with E-state index in [1.165, 1.54) is 0 Å². The molecule has 1 saturated heterocycles. The van der Waals surface area contributed by atoms with Crippen LogP contribution in [0.2, 0.25) is 5.02 Å². The van der Waals surface area contributed by atoms with Crippen molar-refractivity contribution in [2.45, 2.75) is 59.5 Å². The molecule has 1 aromatic carbocycles. The zero-order valence-electron chi connectivity index (χ0n) is 17.6. The molecular formula is C22H32ClN3O. The number of anilines is 1. The number of carbonyl (C=O) groups is 1. The van der Waals surface area contributed by atoms with Crippen molar-refractivity contribution in [2.24, 2.45) is 18.4 Å². The molecule has 1 amide bonds. The molecule has 0 bridgehead atoms. The quantitative estimate of drug-likeness (QED) is 0.756. The first-order chi connectivity index (χ1) is 12.4. The summed E-state index contributed by atoms with van der Waals surface area (Å²) in [6.07, 6.45) is 4.89. The highest BCUT2D eigenvalue weighted by Gasteiger charge is 2.45. The number of aromatic nitrogens is 1. The molecule has 0 aliphatic carbocycles. The maximum Gasteiger partial charge on any atom is 0.241 e. The van der Waals surface area contributed by atoms with Crippen LogP contribution in [0.4, 0.5) is 5.69 Å². The molecule has 2 heterocycles. The Morgan fingerprint density at radius 3 is 2.41 bits per heavy atom. The van der Waals surface area contributed by atoms with Crippen molar-refractivity contribution in [3.8, 4) is 0 Å². The summed E-state index contributed by atoms with van der Waals surface area (Å²) < 4.78 is 1.98. The third-order valence-corrected chi connectivity index (χ3v) is 6.24. The number of halogens is 1. The molecule has 3 rings (SSSR count). The van der Waals surface area contributed by atoms with Crippen molar-refractivity contribution in [2.75, 3.05) is 11.9 Å². The normalized spacial score (nSPS) is 21.8. The molecule has 5 heteroatoms. The minimum absolute atomic E-state index is 0.0360. The van der Waals surface area contributed by atoms with Gasteiger partial charge in [0.25, 0.3) is 0 Å². The second-order valence-corrected chi connectivity index (χ2v) is 10.4. The van der Waals surface area contributed by atoms with E-state index in [-0.39, 0.29) is 22.9 Å². The number of carbonyl (C=O) groups excluding carboxylic acids is 1. The van der Waals surface area contributed by atoms with Gasteiger partial charge < -0.3 is 9.88 Å². The fraction of sp³-hybridized carbons (Fsp3) is 0.591. The highest BCUT2D eigenvalue weighted by Crippen LogP contribution is 2.40. The summed E-state index contributed by atoms with van der Waals surface area (Å²) in [7, 11) is 1.97. The smallest absolute Gasteiger partial charge is 0.241 e. The number of benzene rings is 1. The van der Waals surface area contributed by atoms with E-state index >= 15 is 0 Å². The summed E-state index contributed by atoms with van der Waals surface area (Å²) in [6, 6.07) is 3.77. The number of rotatable bonds is 2. The molecular weight excluding hydrogens is 358 g/mol. The fourth-order valence-electron chi connectivity index (χ4n) is 4.08.